The minimum absolute atomic E-state index is 0.0211. The van der Waals surface area contributed by atoms with Crippen LogP contribution in [-0.4, -0.2) is 45.6 Å². The smallest absolute Gasteiger partial charge is 0.336 e. The number of para-hydroxylation sites is 1. The molecule has 0 fully saturated rings. The highest BCUT2D eigenvalue weighted by Crippen LogP contribution is 2.20. The molecule has 0 heterocycles. The molecule has 0 N–H and O–H groups in total. The molecule has 144 valence electrons. The maximum absolute atomic E-state index is 12.6. The Labute approximate surface area is 159 Å². The Bertz CT molecular complexity index is 850. The maximum atomic E-state index is 12.6. The number of Topliss-reactive ketones (excluding diaryl/α,β-unsaturated/α-hetero) is 1. The zero-order chi connectivity index (χ0) is 19.9. The molecule has 0 saturated heterocycles. The molecule has 1 atom stereocenters. The molecular formula is C20H23NO5S. The Kier molecular flexibility index (Phi) is 7.12. The Balaban J connectivity index is 2.36. The van der Waals surface area contributed by atoms with E-state index in [4.69, 9.17) is 4.74 Å². The first-order chi connectivity index (χ1) is 12.9. The van der Waals surface area contributed by atoms with Crippen molar-refractivity contribution >= 4 is 27.3 Å². The van der Waals surface area contributed by atoms with Crippen molar-refractivity contribution in [1.82, 2.24) is 0 Å². The quantitative estimate of drug-likeness (QED) is 0.484. The summed E-state index contributed by atoms with van der Waals surface area (Å²) in [6.07, 6.45) is 0.133. The first-order valence-corrected chi connectivity index (χ1v) is 10.3. The fourth-order valence-electron chi connectivity index (χ4n) is 2.73. The number of ketones is 1. The van der Waals surface area contributed by atoms with E-state index in [1.165, 1.54) is 24.1 Å². The number of methoxy groups -OCH3 is 1. The fourth-order valence-corrected chi connectivity index (χ4v) is 3.97. The topological polar surface area (TPSA) is 80.8 Å². The molecule has 0 spiro atoms. The van der Waals surface area contributed by atoms with Crippen LogP contribution in [0.1, 0.15) is 13.3 Å². The third-order valence-electron chi connectivity index (χ3n) is 4.18. The van der Waals surface area contributed by atoms with Crippen LogP contribution >= 0.6 is 0 Å². The van der Waals surface area contributed by atoms with E-state index in [1.807, 2.05) is 0 Å². The van der Waals surface area contributed by atoms with Crippen molar-refractivity contribution in [1.29, 1.82) is 0 Å². The van der Waals surface area contributed by atoms with Gasteiger partial charge in [-0.25, -0.2) is 13.2 Å². The summed E-state index contributed by atoms with van der Waals surface area (Å²) in [6, 6.07) is 15.7. The number of rotatable bonds is 9. The predicted octanol–water partition coefficient (Wildman–Crippen LogP) is 2.49. The van der Waals surface area contributed by atoms with Crippen molar-refractivity contribution in [2.24, 2.45) is 0 Å². The lowest BCUT2D eigenvalue weighted by Gasteiger charge is -2.30. The number of carbonyl (C=O) groups is 2. The van der Waals surface area contributed by atoms with Gasteiger partial charge in [0.05, 0.1) is 17.8 Å². The number of nitrogens with zero attached hydrogens (tertiary/aromatic N) is 1. The second-order valence-corrected chi connectivity index (χ2v) is 8.02. The summed E-state index contributed by atoms with van der Waals surface area (Å²) in [5.74, 6) is -1.28. The van der Waals surface area contributed by atoms with Gasteiger partial charge in [-0.05, 0) is 24.3 Å². The van der Waals surface area contributed by atoms with Gasteiger partial charge in [-0.3, -0.25) is 4.79 Å². The standard InChI is InChI=1S/C20H23NO5S/c1-3-18(22)19(20(23)26-2)21(16-10-6-4-7-11-16)14-15-27(24,25)17-12-8-5-9-13-17/h4-13,19H,3,14-15H2,1-2H3. The molecule has 27 heavy (non-hydrogen) atoms. The van der Waals surface area contributed by atoms with Crippen LogP contribution in [0.5, 0.6) is 0 Å². The molecule has 0 aliphatic rings. The molecule has 2 rings (SSSR count). The molecule has 0 amide bonds. The van der Waals surface area contributed by atoms with Crippen molar-refractivity contribution < 1.29 is 22.7 Å². The first kappa shape index (κ1) is 20.6. The number of sulfone groups is 1. The minimum atomic E-state index is -3.57. The van der Waals surface area contributed by atoms with Gasteiger partial charge in [0.15, 0.2) is 21.7 Å². The lowest BCUT2D eigenvalue weighted by Crippen LogP contribution is -2.49. The molecule has 7 heteroatoms. The van der Waals surface area contributed by atoms with Gasteiger partial charge in [-0.1, -0.05) is 43.3 Å². The highest BCUT2D eigenvalue weighted by atomic mass is 32.2. The summed E-state index contributed by atoms with van der Waals surface area (Å²) in [6.45, 7) is 1.63. The van der Waals surface area contributed by atoms with Crippen LogP contribution in [0.25, 0.3) is 0 Å². The number of anilines is 1. The van der Waals surface area contributed by atoms with Crippen LogP contribution in [0.3, 0.4) is 0 Å². The molecule has 0 saturated carbocycles. The van der Waals surface area contributed by atoms with Crippen molar-refractivity contribution in [3.8, 4) is 0 Å². The Morgan fingerprint density at radius 2 is 1.56 bits per heavy atom. The molecule has 0 aliphatic heterocycles. The molecule has 0 radical (unpaired) electrons. The minimum Gasteiger partial charge on any atom is -0.467 e. The molecule has 2 aromatic carbocycles. The highest BCUT2D eigenvalue weighted by molar-refractivity contribution is 7.91. The summed E-state index contributed by atoms with van der Waals surface area (Å²) >= 11 is 0. The van der Waals surface area contributed by atoms with Crippen LogP contribution in [0.15, 0.2) is 65.6 Å². The summed E-state index contributed by atoms with van der Waals surface area (Å²) in [5.41, 5.74) is 0.581. The average molecular weight is 389 g/mol. The summed E-state index contributed by atoms with van der Waals surface area (Å²) in [5, 5.41) is 0. The van der Waals surface area contributed by atoms with Crippen molar-refractivity contribution in [3.63, 3.8) is 0 Å². The van der Waals surface area contributed by atoms with Crippen LogP contribution in [-0.2, 0) is 24.2 Å². The number of hydrogen-bond acceptors (Lipinski definition) is 6. The van der Waals surface area contributed by atoms with Crippen LogP contribution in [0, 0.1) is 0 Å². The lowest BCUT2D eigenvalue weighted by atomic mass is 10.1. The van der Waals surface area contributed by atoms with E-state index in [0.717, 1.165) is 0 Å². The van der Waals surface area contributed by atoms with Crippen molar-refractivity contribution in [2.45, 2.75) is 24.3 Å². The third-order valence-corrected chi connectivity index (χ3v) is 5.89. The molecule has 2 aromatic rings. The van der Waals surface area contributed by atoms with Gasteiger partial charge in [0.2, 0.25) is 0 Å². The first-order valence-electron chi connectivity index (χ1n) is 8.60. The van der Waals surface area contributed by atoms with Gasteiger partial charge in [0.1, 0.15) is 0 Å². The number of benzene rings is 2. The third kappa shape index (κ3) is 5.17. The van der Waals surface area contributed by atoms with Crippen LogP contribution < -0.4 is 4.90 Å². The van der Waals surface area contributed by atoms with Crippen LogP contribution in [0.4, 0.5) is 5.69 Å². The number of carbonyl (C=O) groups excluding carboxylic acids is 2. The number of esters is 1. The monoisotopic (exact) mass is 389 g/mol. The van der Waals surface area contributed by atoms with Crippen molar-refractivity contribution in [2.75, 3.05) is 24.3 Å². The van der Waals surface area contributed by atoms with Gasteiger partial charge in [-0.15, -0.1) is 0 Å². The second-order valence-electron chi connectivity index (χ2n) is 5.91. The predicted molar refractivity (Wildman–Crippen MR) is 103 cm³/mol. The fraction of sp³-hybridized carbons (Fsp3) is 0.300. The number of hydrogen-bond donors (Lipinski definition) is 0. The Morgan fingerprint density at radius 1 is 1.00 bits per heavy atom. The largest absolute Gasteiger partial charge is 0.467 e. The van der Waals surface area contributed by atoms with E-state index >= 15 is 0 Å². The molecule has 0 bridgehead atoms. The van der Waals surface area contributed by atoms with E-state index in [2.05, 4.69) is 0 Å². The zero-order valence-electron chi connectivity index (χ0n) is 15.4. The zero-order valence-corrected chi connectivity index (χ0v) is 16.2. The van der Waals surface area contributed by atoms with Gasteiger partial charge < -0.3 is 9.64 Å². The molecule has 1 unspecified atom stereocenters. The highest BCUT2D eigenvalue weighted by Gasteiger charge is 2.33. The van der Waals surface area contributed by atoms with Crippen molar-refractivity contribution in [3.05, 3.63) is 60.7 Å². The van der Waals surface area contributed by atoms with Gasteiger partial charge in [0, 0.05) is 18.7 Å². The van der Waals surface area contributed by atoms with Crippen LogP contribution in [0.2, 0.25) is 0 Å². The summed E-state index contributed by atoms with van der Waals surface area (Å²) in [7, 11) is -2.36. The molecule has 6 nitrogen and oxygen atoms in total. The Morgan fingerprint density at radius 3 is 2.07 bits per heavy atom. The normalized spacial score (nSPS) is 12.2. The number of ether oxygens (including phenoxy) is 1. The SMILES string of the molecule is CCC(=O)C(C(=O)OC)N(CCS(=O)(=O)c1ccccc1)c1ccccc1. The van der Waals surface area contributed by atoms with Gasteiger partial charge in [0.25, 0.3) is 0 Å². The van der Waals surface area contributed by atoms with E-state index in [1.54, 1.807) is 55.5 Å². The van der Waals surface area contributed by atoms with E-state index in [9.17, 15) is 18.0 Å². The van der Waals surface area contributed by atoms with Gasteiger partial charge in [-0.2, -0.15) is 0 Å². The molecule has 0 aliphatic carbocycles. The van der Waals surface area contributed by atoms with E-state index < -0.39 is 21.8 Å². The Hall–Kier alpha value is -2.67. The van der Waals surface area contributed by atoms with Gasteiger partial charge >= 0.3 is 5.97 Å². The van der Waals surface area contributed by atoms with E-state index in [0.29, 0.717) is 5.69 Å². The molecular weight excluding hydrogens is 366 g/mol. The molecule has 0 aromatic heterocycles. The summed E-state index contributed by atoms with van der Waals surface area (Å²) < 4.78 is 30.1. The summed E-state index contributed by atoms with van der Waals surface area (Å²) in [4.78, 5) is 26.4. The average Bonchev–Trinajstić information content (AvgIpc) is 2.71. The lowest BCUT2D eigenvalue weighted by molar-refractivity contribution is -0.145. The second kappa shape index (κ2) is 9.32. The van der Waals surface area contributed by atoms with E-state index in [-0.39, 0.29) is 29.4 Å². The maximum Gasteiger partial charge on any atom is 0.336 e.